The summed E-state index contributed by atoms with van der Waals surface area (Å²) in [5, 5.41) is 5.44. The number of benzene rings is 4. The first-order chi connectivity index (χ1) is 13.3. The van der Waals surface area contributed by atoms with Gasteiger partial charge in [0.1, 0.15) is 11.2 Å². The fraction of sp³-hybridized carbons (Fsp3) is 0. The molecule has 1 nitrogen and oxygen atoms in total. The molecule has 0 saturated heterocycles. The van der Waals surface area contributed by atoms with Crippen molar-refractivity contribution in [1.82, 2.24) is 0 Å². The van der Waals surface area contributed by atoms with Gasteiger partial charge in [-0.15, -0.1) is 11.3 Å². The summed E-state index contributed by atoms with van der Waals surface area (Å²) in [5.74, 6) is 0. The molecule has 0 N–H and O–H groups in total. The average molecular weight is 385 g/mol. The molecule has 0 aliphatic rings. The van der Waals surface area contributed by atoms with Crippen LogP contribution in [0.2, 0.25) is 5.02 Å². The Labute approximate surface area is 164 Å². The molecule has 0 bridgehead atoms. The van der Waals surface area contributed by atoms with Crippen molar-refractivity contribution in [1.29, 1.82) is 0 Å². The maximum Gasteiger partial charge on any atom is 0.143 e. The smallest absolute Gasteiger partial charge is 0.143 e. The second-order valence-corrected chi connectivity index (χ2v) is 8.20. The Morgan fingerprint density at radius 3 is 2.52 bits per heavy atom. The van der Waals surface area contributed by atoms with E-state index in [0.29, 0.717) is 0 Å². The molecule has 0 spiro atoms. The van der Waals surface area contributed by atoms with E-state index in [9.17, 15) is 0 Å². The Balaban J connectivity index is 1.69. The van der Waals surface area contributed by atoms with Crippen molar-refractivity contribution in [2.24, 2.45) is 0 Å². The molecule has 0 saturated carbocycles. The number of rotatable bonds is 1. The predicted octanol–water partition coefficient (Wildman–Crippen LogP) is 8.27. The van der Waals surface area contributed by atoms with Crippen LogP contribution in [0.4, 0.5) is 0 Å². The van der Waals surface area contributed by atoms with E-state index in [-0.39, 0.29) is 0 Å². The first-order valence-electron chi connectivity index (χ1n) is 8.81. The zero-order chi connectivity index (χ0) is 18.0. The lowest BCUT2D eigenvalue weighted by Crippen LogP contribution is -1.79. The quantitative estimate of drug-likeness (QED) is 0.278. The third-order valence-corrected chi connectivity index (χ3v) is 6.61. The molecule has 0 radical (unpaired) electrons. The minimum atomic E-state index is 0.804. The number of thiophene rings is 1. The van der Waals surface area contributed by atoms with Crippen LogP contribution in [0.25, 0.3) is 53.2 Å². The minimum Gasteiger partial charge on any atom is -0.455 e. The first-order valence-corrected chi connectivity index (χ1v) is 10.0. The fourth-order valence-electron chi connectivity index (χ4n) is 3.93. The summed E-state index contributed by atoms with van der Waals surface area (Å²) in [6.45, 7) is 0. The molecule has 2 heterocycles. The van der Waals surface area contributed by atoms with E-state index in [1.165, 1.54) is 14.8 Å². The summed E-state index contributed by atoms with van der Waals surface area (Å²) in [6.07, 6.45) is 0. The third kappa shape index (κ3) is 2.18. The van der Waals surface area contributed by atoms with E-state index >= 15 is 0 Å². The molecule has 0 unspecified atom stereocenters. The van der Waals surface area contributed by atoms with Crippen LogP contribution < -0.4 is 0 Å². The zero-order valence-electron chi connectivity index (χ0n) is 14.2. The monoisotopic (exact) mass is 384 g/mol. The van der Waals surface area contributed by atoms with Crippen molar-refractivity contribution in [3.63, 3.8) is 0 Å². The largest absolute Gasteiger partial charge is 0.455 e. The molecular weight excluding hydrogens is 372 g/mol. The van der Waals surface area contributed by atoms with E-state index in [0.717, 1.165) is 43.5 Å². The van der Waals surface area contributed by atoms with Gasteiger partial charge in [-0.1, -0.05) is 60.1 Å². The normalized spacial score (nSPS) is 11.9. The van der Waals surface area contributed by atoms with Gasteiger partial charge in [-0.2, -0.15) is 0 Å². The van der Waals surface area contributed by atoms with Crippen LogP contribution in [0.5, 0.6) is 0 Å². The molecule has 6 rings (SSSR count). The molecule has 3 heteroatoms. The molecule has 2 aromatic heterocycles. The summed E-state index contributed by atoms with van der Waals surface area (Å²) in [5.41, 5.74) is 4.11. The van der Waals surface area contributed by atoms with Crippen LogP contribution in [-0.4, -0.2) is 0 Å². The van der Waals surface area contributed by atoms with Gasteiger partial charge in [0.25, 0.3) is 0 Å². The van der Waals surface area contributed by atoms with Crippen LogP contribution in [0.1, 0.15) is 0 Å². The van der Waals surface area contributed by atoms with Crippen LogP contribution in [-0.2, 0) is 0 Å². The lowest BCUT2D eigenvalue weighted by molar-refractivity contribution is 0.670. The highest BCUT2D eigenvalue weighted by Crippen LogP contribution is 2.41. The van der Waals surface area contributed by atoms with Gasteiger partial charge in [0.15, 0.2) is 0 Å². The standard InChI is InChI=1S/C24H13ClOS/c25-19-8-4-10-22-23(19)18-13-14(11-12-21(18)27-22)15-6-3-7-17-16-5-1-2-9-20(16)26-24(15)17/h1-13H. The van der Waals surface area contributed by atoms with Gasteiger partial charge in [0.2, 0.25) is 0 Å². The van der Waals surface area contributed by atoms with Gasteiger partial charge >= 0.3 is 0 Å². The average Bonchev–Trinajstić information content (AvgIpc) is 3.26. The Hall–Kier alpha value is -2.81. The number of furan rings is 1. The van der Waals surface area contributed by atoms with Crippen LogP contribution >= 0.6 is 22.9 Å². The van der Waals surface area contributed by atoms with E-state index in [2.05, 4.69) is 54.6 Å². The topological polar surface area (TPSA) is 13.1 Å². The van der Waals surface area contributed by atoms with E-state index in [1.54, 1.807) is 11.3 Å². The molecular formula is C24H13ClOS. The summed E-state index contributed by atoms with van der Waals surface area (Å²) in [7, 11) is 0. The fourth-order valence-corrected chi connectivity index (χ4v) is 5.37. The Morgan fingerprint density at radius 1 is 0.704 bits per heavy atom. The van der Waals surface area contributed by atoms with Crippen molar-refractivity contribution in [2.45, 2.75) is 0 Å². The highest BCUT2D eigenvalue weighted by Gasteiger charge is 2.14. The summed E-state index contributed by atoms with van der Waals surface area (Å²) in [6, 6.07) is 27.2. The molecule has 0 fully saturated rings. The predicted molar refractivity (Wildman–Crippen MR) is 117 cm³/mol. The summed E-state index contributed by atoms with van der Waals surface area (Å²) >= 11 is 8.29. The number of para-hydroxylation sites is 2. The lowest BCUT2D eigenvalue weighted by Gasteiger charge is -2.04. The number of hydrogen-bond donors (Lipinski definition) is 0. The first kappa shape index (κ1) is 15.3. The number of halogens is 1. The van der Waals surface area contributed by atoms with Gasteiger partial charge in [-0.3, -0.25) is 0 Å². The molecule has 0 aliphatic carbocycles. The van der Waals surface area contributed by atoms with Crippen molar-refractivity contribution in [3.05, 3.63) is 83.9 Å². The SMILES string of the molecule is Clc1cccc2sc3ccc(-c4cccc5c4oc4ccccc45)cc3c12. The molecule has 0 amide bonds. The maximum absolute atomic E-state index is 6.51. The lowest BCUT2D eigenvalue weighted by atomic mass is 10.0. The van der Waals surface area contributed by atoms with Crippen LogP contribution in [0, 0.1) is 0 Å². The van der Waals surface area contributed by atoms with E-state index < -0.39 is 0 Å². The number of fused-ring (bicyclic) bond motifs is 6. The van der Waals surface area contributed by atoms with Gasteiger partial charge in [0, 0.05) is 41.5 Å². The van der Waals surface area contributed by atoms with Crippen molar-refractivity contribution in [3.8, 4) is 11.1 Å². The second kappa shape index (κ2) is 5.59. The molecule has 4 aromatic carbocycles. The molecule has 27 heavy (non-hydrogen) atoms. The van der Waals surface area contributed by atoms with Crippen molar-refractivity contribution >= 4 is 65.0 Å². The van der Waals surface area contributed by atoms with Crippen LogP contribution in [0.15, 0.2) is 83.3 Å². The molecule has 6 aromatic rings. The van der Waals surface area contributed by atoms with Gasteiger partial charge in [0.05, 0.1) is 0 Å². The highest BCUT2D eigenvalue weighted by atomic mass is 35.5. The Bertz CT molecular complexity index is 1490. The van der Waals surface area contributed by atoms with Gasteiger partial charge in [-0.25, -0.2) is 0 Å². The molecule has 0 aliphatic heterocycles. The summed E-state index contributed by atoms with van der Waals surface area (Å²) < 4.78 is 8.69. The minimum absolute atomic E-state index is 0.804. The zero-order valence-corrected chi connectivity index (χ0v) is 15.8. The van der Waals surface area contributed by atoms with E-state index in [1.807, 2.05) is 24.3 Å². The molecule has 0 atom stereocenters. The second-order valence-electron chi connectivity index (χ2n) is 6.71. The maximum atomic E-state index is 6.51. The third-order valence-electron chi connectivity index (χ3n) is 5.16. The molecule has 128 valence electrons. The van der Waals surface area contributed by atoms with Gasteiger partial charge in [-0.05, 0) is 35.9 Å². The van der Waals surface area contributed by atoms with E-state index in [4.69, 9.17) is 16.0 Å². The van der Waals surface area contributed by atoms with Crippen molar-refractivity contribution < 1.29 is 4.42 Å². The van der Waals surface area contributed by atoms with Gasteiger partial charge < -0.3 is 4.42 Å². The number of hydrogen-bond acceptors (Lipinski definition) is 2. The Kier molecular flexibility index (Phi) is 3.16. The highest BCUT2D eigenvalue weighted by molar-refractivity contribution is 7.26. The van der Waals surface area contributed by atoms with Crippen molar-refractivity contribution in [2.75, 3.05) is 0 Å². The summed E-state index contributed by atoms with van der Waals surface area (Å²) in [4.78, 5) is 0. The van der Waals surface area contributed by atoms with Crippen LogP contribution in [0.3, 0.4) is 0 Å². The Morgan fingerprint density at radius 2 is 1.56 bits per heavy atom.